The Bertz CT molecular complexity index is 1080. The minimum atomic E-state index is -0.513. The van der Waals surface area contributed by atoms with Gasteiger partial charge < -0.3 is 24.8 Å². The zero-order chi connectivity index (χ0) is 22.0. The maximum absolute atomic E-state index is 13.6. The maximum atomic E-state index is 13.6. The van der Waals surface area contributed by atoms with E-state index < -0.39 is 12.0 Å². The van der Waals surface area contributed by atoms with E-state index in [-0.39, 0.29) is 11.9 Å². The van der Waals surface area contributed by atoms with E-state index in [1.165, 1.54) is 6.33 Å². The average molecular weight is 423 g/mol. The number of carbonyl (C=O) groups is 1. The standard InChI is InChI=1S/C22H25N5O4/c1-13-19(21(28)26-16-7-5-6-8-17(16)30-3)20(27-22(25-13)23-12-24-27)15-10-9-14(29-2)11-18(15)31-4/h5-13,19-20H,1-4H3,(H,26,28)(H,23,24,25)/t13-,19-,20-/m0/s1. The summed E-state index contributed by atoms with van der Waals surface area (Å²) in [5.41, 5.74) is 1.41. The Morgan fingerprint density at radius 3 is 2.58 bits per heavy atom. The monoisotopic (exact) mass is 423 g/mol. The van der Waals surface area contributed by atoms with Crippen LogP contribution in [0.3, 0.4) is 0 Å². The second-order valence-electron chi connectivity index (χ2n) is 7.23. The summed E-state index contributed by atoms with van der Waals surface area (Å²) in [6, 6.07) is 12.2. The molecule has 31 heavy (non-hydrogen) atoms. The van der Waals surface area contributed by atoms with Gasteiger partial charge in [0.1, 0.15) is 23.6 Å². The number of ether oxygens (including phenoxy) is 3. The summed E-state index contributed by atoms with van der Waals surface area (Å²) in [4.78, 5) is 17.9. The molecule has 2 aromatic carbocycles. The van der Waals surface area contributed by atoms with Crippen molar-refractivity contribution in [3.05, 3.63) is 54.4 Å². The van der Waals surface area contributed by atoms with Crippen LogP contribution in [0.4, 0.5) is 11.6 Å². The zero-order valence-electron chi connectivity index (χ0n) is 17.8. The fraction of sp³-hybridized carbons (Fsp3) is 0.318. The van der Waals surface area contributed by atoms with Crippen LogP contribution in [0.1, 0.15) is 18.5 Å². The summed E-state index contributed by atoms with van der Waals surface area (Å²) in [7, 11) is 4.76. The molecule has 9 heteroatoms. The third-order valence-corrected chi connectivity index (χ3v) is 5.50. The van der Waals surface area contributed by atoms with Gasteiger partial charge in [-0.1, -0.05) is 12.1 Å². The number of nitrogens with zero attached hydrogens (tertiary/aromatic N) is 3. The predicted molar refractivity (Wildman–Crippen MR) is 116 cm³/mol. The molecule has 0 saturated carbocycles. The van der Waals surface area contributed by atoms with Gasteiger partial charge in [0.2, 0.25) is 11.9 Å². The molecule has 0 spiro atoms. The van der Waals surface area contributed by atoms with Gasteiger partial charge in [0.05, 0.1) is 39.0 Å². The summed E-state index contributed by atoms with van der Waals surface area (Å²) >= 11 is 0. The Kier molecular flexibility index (Phi) is 5.66. The average Bonchev–Trinajstić information content (AvgIpc) is 3.26. The van der Waals surface area contributed by atoms with E-state index in [9.17, 15) is 4.79 Å². The zero-order valence-corrected chi connectivity index (χ0v) is 17.8. The highest BCUT2D eigenvalue weighted by atomic mass is 16.5. The molecule has 0 radical (unpaired) electrons. The van der Waals surface area contributed by atoms with E-state index in [1.807, 2.05) is 37.3 Å². The number of anilines is 2. The fourth-order valence-electron chi connectivity index (χ4n) is 4.00. The molecule has 1 aliphatic rings. The van der Waals surface area contributed by atoms with E-state index in [2.05, 4.69) is 20.7 Å². The number of amides is 1. The molecule has 9 nitrogen and oxygen atoms in total. The van der Waals surface area contributed by atoms with Crippen LogP contribution in [0.5, 0.6) is 17.2 Å². The van der Waals surface area contributed by atoms with Crippen LogP contribution in [0.15, 0.2) is 48.8 Å². The van der Waals surface area contributed by atoms with Gasteiger partial charge in [-0.2, -0.15) is 10.1 Å². The van der Waals surface area contributed by atoms with Gasteiger partial charge in [0.15, 0.2) is 0 Å². The summed E-state index contributed by atoms with van der Waals surface area (Å²) in [5, 5.41) is 10.7. The third-order valence-electron chi connectivity index (χ3n) is 5.50. The first-order valence-electron chi connectivity index (χ1n) is 9.89. The predicted octanol–water partition coefficient (Wildman–Crippen LogP) is 2.96. The molecule has 0 aliphatic carbocycles. The summed E-state index contributed by atoms with van der Waals surface area (Å²) in [5.74, 6) is 1.77. The number of methoxy groups -OCH3 is 3. The third kappa shape index (κ3) is 3.74. The highest BCUT2D eigenvalue weighted by Crippen LogP contribution is 2.41. The van der Waals surface area contributed by atoms with Crippen molar-refractivity contribution < 1.29 is 19.0 Å². The van der Waals surface area contributed by atoms with Crippen LogP contribution >= 0.6 is 0 Å². The van der Waals surface area contributed by atoms with Gasteiger partial charge in [0.25, 0.3) is 0 Å². The minimum absolute atomic E-state index is 0.173. The first-order valence-corrected chi connectivity index (χ1v) is 9.89. The number of rotatable bonds is 6. The molecule has 0 unspecified atom stereocenters. The molecule has 1 aliphatic heterocycles. The van der Waals surface area contributed by atoms with Crippen LogP contribution in [-0.4, -0.2) is 48.0 Å². The molecule has 1 aromatic heterocycles. The molecule has 4 rings (SSSR count). The van der Waals surface area contributed by atoms with Crippen molar-refractivity contribution in [2.45, 2.75) is 19.0 Å². The minimum Gasteiger partial charge on any atom is -0.497 e. The van der Waals surface area contributed by atoms with E-state index >= 15 is 0 Å². The van der Waals surface area contributed by atoms with Crippen LogP contribution in [0, 0.1) is 5.92 Å². The van der Waals surface area contributed by atoms with Gasteiger partial charge in [-0.25, -0.2) is 4.68 Å². The molecule has 2 heterocycles. The van der Waals surface area contributed by atoms with Crippen LogP contribution in [0.2, 0.25) is 0 Å². The van der Waals surface area contributed by atoms with Crippen LogP contribution in [-0.2, 0) is 4.79 Å². The maximum Gasteiger partial charge on any atom is 0.232 e. The molecular formula is C22H25N5O4. The summed E-state index contributed by atoms with van der Waals surface area (Å²) in [6.45, 7) is 1.95. The fourth-order valence-corrected chi connectivity index (χ4v) is 4.00. The molecule has 3 atom stereocenters. The largest absolute Gasteiger partial charge is 0.497 e. The molecule has 0 saturated heterocycles. The van der Waals surface area contributed by atoms with Crippen LogP contribution < -0.4 is 24.8 Å². The van der Waals surface area contributed by atoms with Crippen molar-refractivity contribution >= 4 is 17.5 Å². The van der Waals surface area contributed by atoms with Gasteiger partial charge in [0, 0.05) is 17.7 Å². The lowest BCUT2D eigenvalue weighted by atomic mass is 9.85. The van der Waals surface area contributed by atoms with Gasteiger partial charge in [-0.05, 0) is 31.2 Å². The lowest BCUT2D eigenvalue weighted by Gasteiger charge is -2.37. The normalized spacial score (nSPS) is 19.7. The lowest BCUT2D eigenvalue weighted by Crippen LogP contribution is -2.46. The molecule has 1 amide bonds. The smallest absolute Gasteiger partial charge is 0.232 e. The van der Waals surface area contributed by atoms with Gasteiger partial charge >= 0.3 is 0 Å². The van der Waals surface area contributed by atoms with Crippen molar-refractivity contribution in [3.63, 3.8) is 0 Å². The second-order valence-corrected chi connectivity index (χ2v) is 7.23. The number of aromatic nitrogens is 3. The summed E-state index contributed by atoms with van der Waals surface area (Å²) < 4.78 is 18.1. The van der Waals surface area contributed by atoms with Crippen molar-refractivity contribution in [2.24, 2.45) is 5.92 Å². The Labute approximate surface area is 180 Å². The van der Waals surface area contributed by atoms with E-state index in [4.69, 9.17) is 14.2 Å². The molecular weight excluding hydrogens is 398 g/mol. The first kappa shape index (κ1) is 20.5. The second kappa shape index (κ2) is 8.55. The molecule has 2 N–H and O–H groups in total. The highest BCUT2D eigenvalue weighted by Gasteiger charge is 2.42. The van der Waals surface area contributed by atoms with E-state index in [0.717, 1.165) is 5.56 Å². The van der Waals surface area contributed by atoms with Crippen molar-refractivity contribution in [1.29, 1.82) is 0 Å². The molecule has 0 bridgehead atoms. The van der Waals surface area contributed by atoms with Crippen molar-refractivity contribution in [2.75, 3.05) is 32.0 Å². The molecule has 3 aromatic rings. The lowest BCUT2D eigenvalue weighted by molar-refractivity contribution is -0.121. The first-order chi connectivity index (χ1) is 15.1. The van der Waals surface area contributed by atoms with E-state index in [0.29, 0.717) is 28.9 Å². The highest BCUT2D eigenvalue weighted by molar-refractivity contribution is 5.95. The topological polar surface area (TPSA) is 99.5 Å². The van der Waals surface area contributed by atoms with Crippen LogP contribution in [0.25, 0.3) is 0 Å². The quantitative estimate of drug-likeness (QED) is 0.629. The number of benzene rings is 2. The Morgan fingerprint density at radius 2 is 1.84 bits per heavy atom. The Hall–Kier alpha value is -3.75. The molecule has 0 fully saturated rings. The number of nitrogens with one attached hydrogen (secondary N) is 2. The number of hydrogen-bond acceptors (Lipinski definition) is 7. The number of hydrogen-bond donors (Lipinski definition) is 2. The van der Waals surface area contributed by atoms with Crippen molar-refractivity contribution in [1.82, 2.24) is 14.8 Å². The number of fused-ring (bicyclic) bond motifs is 1. The number of para-hydroxylation sites is 2. The Balaban J connectivity index is 1.78. The van der Waals surface area contributed by atoms with Crippen molar-refractivity contribution in [3.8, 4) is 17.2 Å². The van der Waals surface area contributed by atoms with E-state index in [1.54, 1.807) is 38.1 Å². The summed E-state index contributed by atoms with van der Waals surface area (Å²) in [6.07, 6.45) is 1.47. The Morgan fingerprint density at radius 1 is 1.06 bits per heavy atom. The van der Waals surface area contributed by atoms with Gasteiger partial charge in [-0.3, -0.25) is 4.79 Å². The van der Waals surface area contributed by atoms with Gasteiger partial charge in [-0.15, -0.1) is 0 Å². The molecule has 162 valence electrons. The number of carbonyl (C=O) groups excluding carboxylic acids is 1. The SMILES string of the molecule is COc1ccc([C@H]2[C@@H](C(=O)Nc3ccccc3OC)[C@H](C)Nc3ncnn32)c(OC)c1.